The summed E-state index contributed by atoms with van der Waals surface area (Å²) in [6.07, 6.45) is 2.14. The van der Waals surface area contributed by atoms with E-state index in [1.54, 1.807) is 0 Å². The molecule has 0 aromatic carbocycles. The number of carbonyl (C=O) groups excluding carboxylic acids is 1. The second kappa shape index (κ2) is 5.84. The van der Waals surface area contributed by atoms with Crippen molar-refractivity contribution in [3.63, 3.8) is 0 Å². The second-order valence-corrected chi connectivity index (χ2v) is 4.31. The molecule has 1 rings (SSSR count). The Kier molecular flexibility index (Phi) is 4.73. The average molecular weight is 229 g/mol. The van der Waals surface area contributed by atoms with E-state index in [0.717, 1.165) is 6.42 Å². The molecule has 3 N–H and O–H groups in total. The number of rotatable bonds is 5. The van der Waals surface area contributed by atoms with Gasteiger partial charge in [0.15, 0.2) is 0 Å². The van der Waals surface area contributed by atoms with Crippen LogP contribution in [-0.4, -0.2) is 35.2 Å². The van der Waals surface area contributed by atoms with Crippen LogP contribution in [0.25, 0.3) is 0 Å². The number of aliphatic hydroxyl groups is 1. The molecule has 0 aromatic heterocycles. The van der Waals surface area contributed by atoms with E-state index in [1.165, 1.54) is 0 Å². The zero-order valence-electron chi connectivity index (χ0n) is 9.48. The average Bonchev–Trinajstić information content (AvgIpc) is 2.70. The molecule has 0 heterocycles. The summed E-state index contributed by atoms with van der Waals surface area (Å²) in [4.78, 5) is 22.7. The fraction of sp³-hybridized carbons (Fsp3) is 0.818. The highest BCUT2D eigenvalue weighted by Crippen LogP contribution is 2.38. The number of aliphatic hydroxyl groups excluding tert-OH is 1. The van der Waals surface area contributed by atoms with Gasteiger partial charge in [-0.15, -0.1) is 0 Å². The predicted molar refractivity (Wildman–Crippen MR) is 57.7 cm³/mol. The fourth-order valence-electron chi connectivity index (χ4n) is 2.35. The summed E-state index contributed by atoms with van der Waals surface area (Å²) in [5.41, 5.74) is 0. The van der Waals surface area contributed by atoms with Gasteiger partial charge < -0.3 is 15.5 Å². The molecule has 92 valence electrons. The zero-order valence-corrected chi connectivity index (χ0v) is 9.48. The molecule has 1 saturated carbocycles. The molecule has 1 amide bonds. The maximum Gasteiger partial charge on any atom is 0.307 e. The van der Waals surface area contributed by atoms with E-state index in [4.69, 9.17) is 10.2 Å². The van der Waals surface area contributed by atoms with Crippen molar-refractivity contribution in [1.82, 2.24) is 5.32 Å². The largest absolute Gasteiger partial charge is 0.481 e. The topological polar surface area (TPSA) is 86.6 Å². The summed E-state index contributed by atoms with van der Waals surface area (Å²) < 4.78 is 0. The van der Waals surface area contributed by atoms with Gasteiger partial charge >= 0.3 is 5.97 Å². The summed E-state index contributed by atoms with van der Waals surface area (Å²) in [6.45, 7) is 2.09. The van der Waals surface area contributed by atoms with Crippen molar-refractivity contribution in [2.75, 3.05) is 13.2 Å². The molecule has 3 unspecified atom stereocenters. The number of aliphatic carboxylic acids is 1. The number of nitrogens with one attached hydrogen (secondary N) is 1. The highest BCUT2D eigenvalue weighted by molar-refractivity contribution is 5.85. The smallest absolute Gasteiger partial charge is 0.307 e. The summed E-state index contributed by atoms with van der Waals surface area (Å²) in [7, 11) is 0. The number of amides is 1. The summed E-state index contributed by atoms with van der Waals surface area (Å²) in [5, 5.41) is 20.2. The highest BCUT2D eigenvalue weighted by atomic mass is 16.4. The van der Waals surface area contributed by atoms with E-state index in [1.807, 2.05) is 6.92 Å². The first kappa shape index (κ1) is 13.0. The minimum atomic E-state index is -0.889. The molecular formula is C11H19NO4. The molecule has 0 aromatic rings. The first-order chi connectivity index (χ1) is 7.60. The molecule has 16 heavy (non-hydrogen) atoms. The lowest BCUT2D eigenvalue weighted by Gasteiger charge is -2.14. The minimum Gasteiger partial charge on any atom is -0.481 e. The normalized spacial score (nSPS) is 29.0. The third kappa shape index (κ3) is 2.95. The molecule has 0 aliphatic heterocycles. The maximum atomic E-state index is 11.7. The van der Waals surface area contributed by atoms with Crippen molar-refractivity contribution in [2.45, 2.75) is 26.2 Å². The molecule has 1 fully saturated rings. The van der Waals surface area contributed by atoms with Gasteiger partial charge in [0.25, 0.3) is 0 Å². The van der Waals surface area contributed by atoms with Crippen LogP contribution in [0.3, 0.4) is 0 Å². The summed E-state index contributed by atoms with van der Waals surface area (Å²) >= 11 is 0. The van der Waals surface area contributed by atoms with Gasteiger partial charge in [0.05, 0.1) is 18.4 Å². The molecule has 5 nitrogen and oxygen atoms in total. The van der Waals surface area contributed by atoms with E-state index in [9.17, 15) is 9.59 Å². The number of hydrogen-bond donors (Lipinski definition) is 3. The molecule has 0 radical (unpaired) electrons. The SMILES string of the molecule is CCC1CC(C(=O)O)C(C(=O)NCCO)C1. The van der Waals surface area contributed by atoms with Crippen LogP contribution in [0.5, 0.6) is 0 Å². The molecule has 1 aliphatic rings. The van der Waals surface area contributed by atoms with Gasteiger partial charge in [-0.2, -0.15) is 0 Å². The first-order valence-electron chi connectivity index (χ1n) is 5.71. The fourth-order valence-corrected chi connectivity index (χ4v) is 2.35. The Morgan fingerprint density at radius 2 is 1.94 bits per heavy atom. The molecule has 0 saturated heterocycles. The lowest BCUT2D eigenvalue weighted by atomic mass is 9.95. The number of carbonyl (C=O) groups is 2. The molecular weight excluding hydrogens is 210 g/mol. The molecule has 0 bridgehead atoms. The zero-order chi connectivity index (χ0) is 12.1. The Morgan fingerprint density at radius 3 is 2.44 bits per heavy atom. The Bertz CT molecular complexity index is 267. The van der Waals surface area contributed by atoms with Crippen molar-refractivity contribution in [1.29, 1.82) is 0 Å². The maximum absolute atomic E-state index is 11.7. The van der Waals surface area contributed by atoms with Crippen molar-refractivity contribution in [2.24, 2.45) is 17.8 Å². The van der Waals surface area contributed by atoms with Gasteiger partial charge in [0, 0.05) is 6.54 Å². The van der Waals surface area contributed by atoms with Crippen molar-refractivity contribution >= 4 is 11.9 Å². The number of carboxylic acids is 1. The van der Waals surface area contributed by atoms with E-state index in [2.05, 4.69) is 5.32 Å². The van der Waals surface area contributed by atoms with Gasteiger partial charge in [-0.3, -0.25) is 9.59 Å². The van der Waals surface area contributed by atoms with Crippen LogP contribution in [0, 0.1) is 17.8 Å². The van der Waals surface area contributed by atoms with Crippen LogP contribution in [-0.2, 0) is 9.59 Å². The first-order valence-corrected chi connectivity index (χ1v) is 5.71. The van der Waals surface area contributed by atoms with Crippen LogP contribution in [0.1, 0.15) is 26.2 Å². The molecule has 1 aliphatic carbocycles. The van der Waals surface area contributed by atoms with Crippen LogP contribution in [0.15, 0.2) is 0 Å². The lowest BCUT2D eigenvalue weighted by molar-refractivity contribution is -0.146. The monoisotopic (exact) mass is 229 g/mol. The minimum absolute atomic E-state index is 0.118. The molecule has 0 spiro atoms. The van der Waals surface area contributed by atoms with Crippen LogP contribution < -0.4 is 5.32 Å². The standard InChI is InChI=1S/C11H19NO4/c1-2-7-5-8(9(6-7)11(15)16)10(14)12-3-4-13/h7-9,13H,2-6H2,1H3,(H,12,14)(H,15,16). The van der Waals surface area contributed by atoms with Gasteiger partial charge in [0.2, 0.25) is 5.91 Å². The highest BCUT2D eigenvalue weighted by Gasteiger charge is 2.41. The number of hydrogen-bond acceptors (Lipinski definition) is 3. The molecule has 5 heteroatoms. The quantitative estimate of drug-likeness (QED) is 0.630. The van der Waals surface area contributed by atoms with E-state index < -0.39 is 17.8 Å². The van der Waals surface area contributed by atoms with Crippen LogP contribution >= 0.6 is 0 Å². The summed E-state index contributed by atoms with van der Waals surface area (Å²) in [5.74, 6) is -1.80. The Morgan fingerprint density at radius 1 is 1.31 bits per heavy atom. The van der Waals surface area contributed by atoms with Gasteiger partial charge in [-0.05, 0) is 18.8 Å². The summed E-state index contributed by atoms with van der Waals surface area (Å²) in [6, 6.07) is 0. The third-order valence-corrected chi connectivity index (χ3v) is 3.30. The van der Waals surface area contributed by atoms with Gasteiger partial charge in [0.1, 0.15) is 0 Å². The van der Waals surface area contributed by atoms with E-state index in [0.29, 0.717) is 18.8 Å². The lowest BCUT2D eigenvalue weighted by Crippen LogP contribution is -2.36. The van der Waals surface area contributed by atoms with Gasteiger partial charge in [-0.25, -0.2) is 0 Å². The van der Waals surface area contributed by atoms with Crippen LogP contribution in [0.4, 0.5) is 0 Å². The van der Waals surface area contributed by atoms with Crippen molar-refractivity contribution in [3.8, 4) is 0 Å². The van der Waals surface area contributed by atoms with Crippen molar-refractivity contribution in [3.05, 3.63) is 0 Å². The number of carboxylic acid groups (broad SMARTS) is 1. The van der Waals surface area contributed by atoms with E-state index in [-0.39, 0.29) is 19.1 Å². The Balaban J connectivity index is 2.61. The van der Waals surface area contributed by atoms with Gasteiger partial charge in [-0.1, -0.05) is 13.3 Å². The Labute approximate surface area is 94.8 Å². The predicted octanol–water partition coefficient (Wildman–Crippen LogP) is 0.232. The van der Waals surface area contributed by atoms with Crippen molar-refractivity contribution < 1.29 is 19.8 Å². The van der Waals surface area contributed by atoms with Crippen LogP contribution in [0.2, 0.25) is 0 Å². The Hall–Kier alpha value is -1.10. The second-order valence-electron chi connectivity index (χ2n) is 4.31. The third-order valence-electron chi connectivity index (χ3n) is 3.30. The van der Waals surface area contributed by atoms with E-state index >= 15 is 0 Å². The molecule has 3 atom stereocenters.